The lowest BCUT2D eigenvalue weighted by atomic mass is 10.2. The maximum atomic E-state index is 11.5. The fourth-order valence-corrected chi connectivity index (χ4v) is 1.86. The zero-order chi connectivity index (χ0) is 13.8. The van der Waals surface area contributed by atoms with Gasteiger partial charge in [-0.05, 0) is 6.07 Å². The molecule has 104 valence electrons. The number of rotatable bonds is 3. The number of hydrogen-bond donors (Lipinski definition) is 0. The molecular weight excluding hydrogens is 248 g/mol. The van der Waals surface area contributed by atoms with Gasteiger partial charge in [-0.15, -0.1) is 0 Å². The van der Waals surface area contributed by atoms with Crippen molar-refractivity contribution in [1.29, 1.82) is 0 Å². The molecule has 1 aromatic rings. The van der Waals surface area contributed by atoms with E-state index in [0.29, 0.717) is 25.6 Å². The Hall–Kier alpha value is -1.89. The molecule has 1 aliphatic rings. The van der Waals surface area contributed by atoms with Crippen molar-refractivity contribution in [2.45, 2.75) is 6.10 Å². The molecule has 0 aliphatic carbocycles. The van der Waals surface area contributed by atoms with Gasteiger partial charge < -0.3 is 19.3 Å². The van der Waals surface area contributed by atoms with Crippen LogP contribution in [-0.4, -0.2) is 62.9 Å². The molecule has 19 heavy (non-hydrogen) atoms. The smallest absolute Gasteiger partial charge is 0.336 e. The molecule has 1 aliphatic heterocycles. The van der Waals surface area contributed by atoms with E-state index in [1.54, 1.807) is 6.20 Å². The predicted molar refractivity (Wildman–Crippen MR) is 70.3 cm³/mol. The number of morpholine rings is 1. The van der Waals surface area contributed by atoms with Crippen molar-refractivity contribution >= 4 is 17.7 Å². The van der Waals surface area contributed by atoms with E-state index in [1.807, 2.05) is 30.0 Å². The Labute approximate surface area is 112 Å². The summed E-state index contributed by atoms with van der Waals surface area (Å²) in [6, 6.07) is 1.83. The third kappa shape index (κ3) is 3.11. The molecule has 1 saturated heterocycles. The van der Waals surface area contributed by atoms with E-state index in [9.17, 15) is 4.79 Å². The minimum absolute atomic E-state index is 0.355. The van der Waals surface area contributed by atoms with Gasteiger partial charge in [0.2, 0.25) is 5.95 Å². The maximum absolute atomic E-state index is 11.5. The monoisotopic (exact) mass is 266 g/mol. The zero-order valence-corrected chi connectivity index (χ0v) is 11.4. The Morgan fingerprint density at radius 2 is 2.37 bits per heavy atom. The van der Waals surface area contributed by atoms with E-state index in [-0.39, 0.29) is 5.97 Å². The van der Waals surface area contributed by atoms with Crippen LogP contribution in [0.25, 0.3) is 0 Å². The largest absolute Gasteiger partial charge is 0.467 e. The Kier molecular flexibility index (Phi) is 4.16. The van der Waals surface area contributed by atoms with E-state index in [4.69, 9.17) is 9.47 Å². The SMILES string of the molecule is COC(=O)C1CN(c2ccnc(N(C)C)n2)CCO1. The Balaban J connectivity index is 2.13. The number of ether oxygens (including phenoxy) is 2. The van der Waals surface area contributed by atoms with E-state index < -0.39 is 6.10 Å². The van der Waals surface area contributed by atoms with Crippen LogP contribution >= 0.6 is 0 Å². The number of carbonyl (C=O) groups excluding carboxylic acids is 1. The van der Waals surface area contributed by atoms with E-state index in [1.165, 1.54) is 7.11 Å². The molecule has 0 N–H and O–H groups in total. The molecule has 1 aromatic heterocycles. The van der Waals surface area contributed by atoms with Gasteiger partial charge in [-0.2, -0.15) is 4.98 Å². The molecule has 7 nitrogen and oxygen atoms in total. The summed E-state index contributed by atoms with van der Waals surface area (Å²) in [7, 11) is 5.13. The minimum Gasteiger partial charge on any atom is -0.467 e. The number of esters is 1. The van der Waals surface area contributed by atoms with Gasteiger partial charge in [0.05, 0.1) is 20.3 Å². The highest BCUT2D eigenvalue weighted by Gasteiger charge is 2.28. The van der Waals surface area contributed by atoms with E-state index >= 15 is 0 Å². The van der Waals surface area contributed by atoms with Crippen molar-refractivity contribution in [3.05, 3.63) is 12.3 Å². The number of carbonyl (C=O) groups is 1. The van der Waals surface area contributed by atoms with Gasteiger partial charge in [0.25, 0.3) is 0 Å². The first-order chi connectivity index (χ1) is 9.11. The minimum atomic E-state index is -0.559. The lowest BCUT2D eigenvalue weighted by Gasteiger charge is -2.32. The van der Waals surface area contributed by atoms with Crippen LogP contribution in [0.3, 0.4) is 0 Å². The highest BCUT2D eigenvalue weighted by atomic mass is 16.6. The summed E-state index contributed by atoms with van der Waals surface area (Å²) < 4.78 is 10.1. The van der Waals surface area contributed by atoms with Crippen LogP contribution in [0.5, 0.6) is 0 Å². The summed E-state index contributed by atoms with van der Waals surface area (Å²) in [4.78, 5) is 24.0. The average molecular weight is 266 g/mol. The number of nitrogens with zero attached hydrogens (tertiary/aromatic N) is 4. The quantitative estimate of drug-likeness (QED) is 0.709. The van der Waals surface area contributed by atoms with Crippen LogP contribution in [0.2, 0.25) is 0 Å². The second-order valence-electron chi connectivity index (χ2n) is 4.44. The number of methoxy groups -OCH3 is 1. The lowest BCUT2D eigenvalue weighted by Crippen LogP contribution is -2.47. The van der Waals surface area contributed by atoms with Gasteiger partial charge in [-0.1, -0.05) is 0 Å². The molecule has 2 rings (SSSR count). The zero-order valence-electron chi connectivity index (χ0n) is 11.4. The number of anilines is 2. The molecule has 0 radical (unpaired) electrons. The summed E-state index contributed by atoms with van der Waals surface area (Å²) >= 11 is 0. The summed E-state index contributed by atoms with van der Waals surface area (Å²) in [5.74, 6) is 1.07. The molecule has 1 unspecified atom stereocenters. The topological polar surface area (TPSA) is 67.8 Å². The normalized spacial score (nSPS) is 19.1. The predicted octanol–water partition coefficient (Wildman–Crippen LogP) is -0.0792. The Morgan fingerprint density at radius 1 is 1.58 bits per heavy atom. The molecule has 0 spiro atoms. The second kappa shape index (κ2) is 5.83. The third-order valence-corrected chi connectivity index (χ3v) is 2.88. The standard InChI is InChI=1S/C12H18N4O3/c1-15(2)12-13-5-4-10(14-12)16-6-7-19-9(8-16)11(17)18-3/h4-5,9H,6-8H2,1-3H3. The van der Waals surface area contributed by atoms with E-state index in [2.05, 4.69) is 9.97 Å². The van der Waals surface area contributed by atoms with Gasteiger partial charge in [0, 0.05) is 26.8 Å². The van der Waals surface area contributed by atoms with Crippen molar-refractivity contribution in [3.63, 3.8) is 0 Å². The van der Waals surface area contributed by atoms with Crippen LogP contribution in [-0.2, 0) is 14.3 Å². The molecule has 7 heteroatoms. The third-order valence-electron chi connectivity index (χ3n) is 2.88. The van der Waals surface area contributed by atoms with Crippen LogP contribution in [0.1, 0.15) is 0 Å². The summed E-state index contributed by atoms with van der Waals surface area (Å²) in [5, 5.41) is 0. The van der Waals surface area contributed by atoms with Crippen LogP contribution in [0.15, 0.2) is 12.3 Å². The fraction of sp³-hybridized carbons (Fsp3) is 0.583. The average Bonchev–Trinajstić information content (AvgIpc) is 2.46. The van der Waals surface area contributed by atoms with Gasteiger partial charge in [-0.25, -0.2) is 9.78 Å². The second-order valence-corrected chi connectivity index (χ2v) is 4.44. The highest BCUT2D eigenvalue weighted by molar-refractivity contribution is 5.75. The van der Waals surface area contributed by atoms with Crippen LogP contribution in [0.4, 0.5) is 11.8 Å². The molecule has 0 amide bonds. The molecule has 1 fully saturated rings. The molecule has 0 bridgehead atoms. The van der Waals surface area contributed by atoms with Gasteiger partial charge in [0.1, 0.15) is 5.82 Å². The van der Waals surface area contributed by atoms with Crippen LogP contribution < -0.4 is 9.80 Å². The van der Waals surface area contributed by atoms with Crippen molar-refractivity contribution in [1.82, 2.24) is 9.97 Å². The van der Waals surface area contributed by atoms with Gasteiger partial charge in [0.15, 0.2) is 6.10 Å². The summed E-state index contributed by atoms with van der Waals surface area (Å²) in [6.45, 7) is 1.61. The van der Waals surface area contributed by atoms with Crippen LogP contribution in [0, 0.1) is 0 Å². The molecule has 0 saturated carbocycles. The van der Waals surface area contributed by atoms with Crippen molar-refractivity contribution in [3.8, 4) is 0 Å². The molecule has 1 atom stereocenters. The van der Waals surface area contributed by atoms with Gasteiger partial charge >= 0.3 is 5.97 Å². The number of hydrogen-bond acceptors (Lipinski definition) is 7. The maximum Gasteiger partial charge on any atom is 0.336 e. The molecule has 0 aromatic carbocycles. The molecular formula is C12H18N4O3. The summed E-state index contributed by atoms with van der Waals surface area (Å²) in [5.41, 5.74) is 0. The number of aromatic nitrogens is 2. The van der Waals surface area contributed by atoms with Gasteiger partial charge in [-0.3, -0.25) is 0 Å². The summed E-state index contributed by atoms with van der Waals surface area (Å²) in [6.07, 6.45) is 1.15. The van der Waals surface area contributed by atoms with Crippen molar-refractivity contribution in [2.24, 2.45) is 0 Å². The lowest BCUT2D eigenvalue weighted by molar-refractivity contribution is -0.154. The first-order valence-electron chi connectivity index (χ1n) is 6.06. The first-order valence-corrected chi connectivity index (χ1v) is 6.06. The molecule has 2 heterocycles. The highest BCUT2D eigenvalue weighted by Crippen LogP contribution is 2.17. The Morgan fingerprint density at radius 3 is 3.05 bits per heavy atom. The van der Waals surface area contributed by atoms with Crippen molar-refractivity contribution in [2.75, 3.05) is 50.7 Å². The fourth-order valence-electron chi connectivity index (χ4n) is 1.86. The Bertz CT molecular complexity index is 452. The van der Waals surface area contributed by atoms with Crippen molar-refractivity contribution < 1.29 is 14.3 Å². The first kappa shape index (κ1) is 13.5. The van der Waals surface area contributed by atoms with E-state index in [0.717, 1.165) is 5.82 Å².